The van der Waals surface area contributed by atoms with Crippen molar-refractivity contribution < 1.29 is 13.5 Å². The van der Waals surface area contributed by atoms with Crippen molar-refractivity contribution >= 4 is 15.9 Å². The summed E-state index contributed by atoms with van der Waals surface area (Å²) >= 11 is 2.30. The second kappa shape index (κ2) is 4.26. The van der Waals surface area contributed by atoms with E-state index in [1.54, 1.807) is 12.1 Å². The molecule has 0 aliphatic rings. The third-order valence-electron chi connectivity index (χ3n) is 1.53. The first kappa shape index (κ1) is 11.4. The highest BCUT2D eigenvalue weighted by Crippen LogP contribution is 2.35. The highest BCUT2D eigenvalue weighted by molar-refractivity contribution is 9.09. The predicted molar refractivity (Wildman–Crippen MR) is 55.0 cm³/mol. The summed E-state index contributed by atoms with van der Waals surface area (Å²) in [7, 11) is 0. The summed E-state index contributed by atoms with van der Waals surface area (Å²) in [5.74, 6) is 0.455. The maximum absolute atomic E-state index is 12.8. The SMILES string of the molecule is CC(C)Oc1cccc(C(F)(F)Br)c1. The van der Waals surface area contributed by atoms with E-state index in [9.17, 15) is 8.78 Å². The fraction of sp³-hybridized carbons (Fsp3) is 0.400. The van der Waals surface area contributed by atoms with Crippen LogP contribution in [-0.2, 0) is 4.83 Å². The van der Waals surface area contributed by atoms with Gasteiger partial charge < -0.3 is 4.74 Å². The van der Waals surface area contributed by atoms with Crippen molar-refractivity contribution in [2.45, 2.75) is 24.8 Å². The minimum absolute atomic E-state index is 0.0193. The van der Waals surface area contributed by atoms with Gasteiger partial charge in [0.15, 0.2) is 0 Å². The Morgan fingerprint density at radius 3 is 2.50 bits per heavy atom. The molecule has 0 saturated carbocycles. The predicted octanol–water partition coefficient (Wildman–Crippen LogP) is 3.92. The normalized spacial score (nSPS) is 11.9. The fourth-order valence-electron chi connectivity index (χ4n) is 1.02. The van der Waals surface area contributed by atoms with Crippen molar-refractivity contribution in [1.29, 1.82) is 0 Å². The number of ether oxygens (including phenoxy) is 1. The van der Waals surface area contributed by atoms with Gasteiger partial charge in [-0.05, 0) is 41.9 Å². The zero-order chi connectivity index (χ0) is 10.8. The van der Waals surface area contributed by atoms with Crippen LogP contribution >= 0.6 is 15.9 Å². The molecule has 0 amide bonds. The zero-order valence-electron chi connectivity index (χ0n) is 7.93. The molecule has 0 spiro atoms. The third kappa shape index (κ3) is 3.25. The van der Waals surface area contributed by atoms with Gasteiger partial charge in [0.1, 0.15) is 5.75 Å². The molecule has 0 fully saturated rings. The molecule has 0 N–H and O–H groups in total. The van der Waals surface area contributed by atoms with Crippen LogP contribution in [0.2, 0.25) is 0 Å². The maximum Gasteiger partial charge on any atom is 0.326 e. The van der Waals surface area contributed by atoms with Crippen molar-refractivity contribution in [3.8, 4) is 5.75 Å². The van der Waals surface area contributed by atoms with Gasteiger partial charge in [0.05, 0.1) is 6.10 Å². The summed E-state index contributed by atoms with van der Waals surface area (Å²) < 4.78 is 31.0. The largest absolute Gasteiger partial charge is 0.491 e. The van der Waals surface area contributed by atoms with Crippen molar-refractivity contribution in [2.24, 2.45) is 0 Å². The smallest absolute Gasteiger partial charge is 0.326 e. The lowest BCUT2D eigenvalue weighted by molar-refractivity contribution is 0.114. The highest BCUT2D eigenvalue weighted by atomic mass is 79.9. The molecule has 0 heterocycles. The van der Waals surface area contributed by atoms with Gasteiger partial charge in [0.2, 0.25) is 0 Å². The minimum atomic E-state index is -3.00. The topological polar surface area (TPSA) is 9.23 Å². The van der Waals surface area contributed by atoms with Gasteiger partial charge in [-0.15, -0.1) is 0 Å². The molecule has 0 aliphatic carbocycles. The Balaban J connectivity index is 2.90. The van der Waals surface area contributed by atoms with Crippen LogP contribution in [0.3, 0.4) is 0 Å². The summed E-state index contributed by atoms with van der Waals surface area (Å²) in [6.07, 6.45) is -0.0193. The molecule has 1 rings (SSSR count). The lowest BCUT2D eigenvalue weighted by atomic mass is 10.2. The van der Waals surface area contributed by atoms with E-state index in [0.29, 0.717) is 5.75 Å². The first-order valence-electron chi connectivity index (χ1n) is 4.23. The monoisotopic (exact) mass is 264 g/mol. The Morgan fingerprint density at radius 2 is 2.00 bits per heavy atom. The van der Waals surface area contributed by atoms with Crippen LogP contribution in [0.4, 0.5) is 8.78 Å². The quantitative estimate of drug-likeness (QED) is 0.752. The van der Waals surface area contributed by atoms with E-state index in [2.05, 4.69) is 15.9 Å². The summed E-state index contributed by atoms with van der Waals surface area (Å²) in [6, 6.07) is 5.88. The van der Waals surface area contributed by atoms with Gasteiger partial charge in [0, 0.05) is 5.56 Å². The molecule has 1 nitrogen and oxygen atoms in total. The lowest BCUT2D eigenvalue weighted by Crippen LogP contribution is -2.07. The van der Waals surface area contributed by atoms with E-state index in [0.717, 1.165) is 0 Å². The maximum atomic E-state index is 12.8. The van der Waals surface area contributed by atoms with Crippen molar-refractivity contribution in [3.63, 3.8) is 0 Å². The average Bonchev–Trinajstić information content (AvgIpc) is 2.01. The number of hydrogen-bond acceptors (Lipinski definition) is 1. The molecule has 1 aromatic rings. The van der Waals surface area contributed by atoms with Gasteiger partial charge in [-0.2, -0.15) is 8.78 Å². The van der Waals surface area contributed by atoms with Crippen molar-refractivity contribution in [2.75, 3.05) is 0 Å². The number of hydrogen-bond donors (Lipinski definition) is 0. The molecule has 0 aliphatic heterocycles. The van der Waals surface area contributed by atoms with Gasteiger partial charge in [0.25, 0.3) is 0 Å². The summed E-state index contributed by atoms with van der Waals surface area (Å²) in [4.78, 5) is -3.00. The molecule has 1 aromatic carbocycles. The number of alkyl halides is 3. The zero-order valence-corrected chi connectivity index (χ0v) is 9.51. The first-order valence-corrected chi connectivity index (χ1v) is 5.03. The average molecular weight is 265 g/mol. The number of benzene rings is 1. The molecule has 0 radical (unpaired) electrons. The molecule has 14 heavy (non-hydrogen) atoms. The molecular formula is C10H11BrF2O. The van der Waals surface area contributed by atoms with Gasteiger partial charge >= 0.3 is 4.83 Å². The second-order valence-electron chi connectivity index (χ2n) is 3.19. The van der Waals surface area contributed by atoms with Gasteiger partial charge in [-0.25, -0.2) is 0 Å². The van der Waals surface area contributed by atoms with E-state index in [1.807, 2.05) is 13.8 Å². The number of rotatable bonds is 3. The van der Waals surface area contributed by atoms with Crippen LogP contribution in [-0.4, -0.2) is 6.10 Å². The van der Waals surface area contributed by atoms with Crippen LogP contribution in [0.5, 0.6) is 5.75 Å². The Bertz CT molecular complexity index is 307. The lowest BCUT2D eigenvalue weighted by Gasteiger charge is -2.13. The van der Waals surface area contributed by atoms with Crippen LogP contribution in [0, 0.1) is 0 Å². The summed E-state index contributed by atoms with van der Waals surface area (Å²) in [5.41, 5.74) is -0.101. The Hall–Kier alpha value is -0.640. The summed E-state index contributed by atoms with van der Waals surface area (Å²) in [5, 5.41) is 0. The highest BCUT2D eigenvalue weighted by Gasteiger charge is 2.27. The molecule has 0 bridgehead atoms. The minimum Gasteiger partial charge on any atom is -0.491 e. The molecule has 0 saturated heterocycles. The van der Waals surface area contributed by atoms with E-state index in [1.165, 1.54) is 12.1 Å². The standard InChI is InChI=1S/C10H11BrF2O/c1-7(2)14-9-5-3-4-8(6-9)10(11,12)13/h3-7H,1-2H3. The second-order valence-corrected chi connectivity index (χ2v) is 4.19. The Labute approximate surface area is 90.2 Å². The summed E-state index contributed by atoms with van der Waals surface area (Å²) in [6.45, 7) is 3.69. The van der Waals surface area contributed by atoms with Crippen LogP contribution in [0.25, 0.3) is 0 Å². The van der Waals surface area contributed by atoms with Gasteiger partial charge in [-0.3, -0.25) is 0 Å². The Morgan fingerprint density at radius 1 is 1.36 bits per heavy atom. The van der Waals surface area contributed by atoms with Crippen LogP contribution in [0.1, 0.15) is 19.4 Å². The van der Waals surface area contributed by atoms with Gasteiger partial charge in [-0.1, -0.05) is 12.1 Å². The first-order chi connectivity index (χ1) is 6.39. The molecule has 0 atom stereocenters. The molecule has 0 unspecified atom stereocenters. The fourth-order valence-corrected chi connectivity index (χ4v) is 1.26. The van der Waals surface area contributed by atoms with Crippen LogP contribution in [0.15, 0.2) is 24.3 Å². The van der Waals surface area contributed by atoms with E-state index in [-0.39, 0.29) is 11.7 Å². The van der Waals surface area contributed by atoms with Crippen molar-refractivity contribution in [3.05, 3.63) is 29.8 Å². The van der Waals surface area contributed by atoms with E-state index >= 15 is 0 Å². The molecule has 78 valence electrons. The van der Waals surface area contributed by atoms with E-state index in [4.69, 9.17) is 4.74 Å². The number of halogens is 3. The third-order valence-corrected chi connectivity index (χ3v) is 1.99. The Kier molecular flexibility index (Phi) is 3.48. The van der Waals surface area contributed by atoms with Crippen LogP contribution < -0.4 is 4.74 Å². The molecule has 4 heteroatoms. The van der Waals surface area contributed by atoms with E-state index < -0.39 is 4.83 Å². The van der Waals surface area contributed by atoms with Crippen molar-refractivity contribution in [1.82, 2.24) is 0 Å². The molecular weight excluding hydrogens is 254 g/mol. The molecule has 0 aromatic heterocycles.